The van der Waals surface area contributed by atoms with Crippen molar-refractivity contribution in [2.24, 2.45) is 0 Å². The van der Waals surface area contributed by atoms with E-state index in [0.29, 0.717) is 16.4 Å². The molecule has 0 aliphatic rings. The summed E-state index contributed by atoms with van der Waals surface area (Å²) in [5.41, 5.74) is 4.10. The van der Waals surface area contributed by atoms with Gasteiger partial charge in [-0.3, -0.25) is 9.78 Å². The molecule has 0 aliphatic heterocycles. The maximum atomic E-state index is 12.4. The van der Waals surface area contributed by atoms with Crippen LogP contribution in [0.5, 0.6) is 0 Å². The molecule has 2 heterocycles. The normalized spacial score (nSPS) is 10.9. The zero-order valence-corrected chi connectivity index (χ0v) is 14.0. The minimum absolute atomic E-state index is 0.0194. The molecule has 0 radical (unpaired) electrons. The van der Waals surface area contributed by atoms with Crippen LogP contribution in [0.25, 0.3) is 22.4 Å². The summed E-state index contributed by atoms with van der Waals surface area (Å²) in [5.74, 6) is 0.716. The first-order valence-electron chi connectivity index (χ1n) is 7.87. The second kappa shape index (κ2) is 6.49. The van der Waals surface area contributed by atoms with Crippen LogP contribution in [0.2, 0.25) is 5.02 Å². The van der Waals surface area contributed by atoms with Crippen molar-refractivity contribution in [3.63, 3.8) is 0 Å². The average Bonchev–Trinajstić information content (AvgIpc) is 3.08. The number of pyridine rings is 1. The zero-order valence-electron chi connectivity index (χ0n) is 13.2. The number of hydrogen-bond acceptors (Lipinski definition) is 3. The van der Waals surface area contributed by atoms with E-state index in [1.54, 1.807) is 30.6 Å². The maximum Gasteiger partial charge on any atom is 0.168 e. The van der Waals surface area contributed by atoms with Gasteiger partial charge in [-0.15, -0.1) is 0 Å². The third kappa shape index (κ3) is 3.16. The van der Waals surface area contributed by atoms with E-state index in [4.69, 9.17) is 11.6 Å². The molecule has 0 fully saturated rings. The SMILES string of the molecule is O=C(Cc1ccc(Cl)c(-c2nc3ccccc3[nH]2)c1)c1cccnc1. The highest BCUT2D eigenvalue weighted by Crippen LogP contribution is 2.29. The summed E-state index contributed by atoms with van der Waals surface area (Å²) < 4.78 is 0. The predicted molar refractivity (Wildman–Crippen MR) is 98.8 cm³/mol. The Bertz CT molecular complexity index is 1020. The van der Waals surface area contributed by atoms with Gasteiger partial charge in [0.25, 0.3) is 0 Å². The summed E-state index contributed by atoms with van der Waals surface area (Å²) in [4.78, 5) is 24.2. The van der Waals surface area contributed by atoms with E-state index in [1.165, 1.54) is 0 Å². The van der Waals surface area contributed by atoms with Crippen LogP contribution in [-0.2, 0) is 6.42 Å². The van der Waals surface area contributed by atoms with Crippen LogP contribution in [0.15, 0.2) is 67.0 Å². The molecule has 4 rings (SSSR count). The molecule has 0 bridgehead atoms. The van der Waals surface area contributed by atoms with Crippen molar-refractivity contribution in [1.29, 1.82) is 0 Å². The average molecular weight is 348 g/mol. The highest BCUT2D eigenvalue weighted by atomic mass is 35.5. The fraction of sp³-hybridized carbons (Fsp3) is 0.0500. The Morgan fingerprint density at radius 1 is 1.08 bits per heavy atom. The number of benzene rings is 2. The number of nitrogens with one attached hydrogen (secondary N) is 1. The Morgan fingerprint density at radius 3 is 2.76 bits per heavy atom. The Balaban J connectivity index is 1.68. The molecule has 4 aromatic rings. The van der Waals surface area contributed by atoms with Gasteiger partial charge in [-0.2, -0.15) is 0 Å². The summed E-state index contributed by atoms with van der Waals surface area (Å²) in [5, 5.41) is 0.594. The largest absolute Gasteiger partial charge is 0.338 e. The third-order valence-corrected chi connectivity index (χ3v) is 4.35. The minimum atomic E-state index is 0.0194. The predicted octanol–water partition coefficient (Wildman–Crippen LogP) is 4.70. The van der Waals surface area contributed by atoms with Crippen LogP contribution < -0.4 is 0 Å². The van der Waals surface area contributed by atoms with Gasteiger partial charge in [-0.25, -0.2) is 4.98 Å². The number of aromatic amines is 1. The van der Waals surface area contributed by atoms with Crippen LogP contribution in [-0.4, -0.2) is 20.7 Å². The number of nitrogens with zero attached hydrogens (tertiary/aromatic N) is 2. The molecule has 0 saturated heterocycles. The van der Waals surface area contributed by atoms with Gasteiger partial charge in [0.05, 0.1) is 16.1 Å². The molecule has 0 aliphatic carbocycles. The first-order chi connectivity index (χ1) is 12.2. The molecular formula is C20H14ClN3O. The Hall–Kier alpha value is -2.98. The topological polar surface area (TPSA) is 58.6 Å². The van der Waals surface area contributed by atoms with E-state index in [1.807, 2.05) is 36.4 Å². The summed E-state index contributed by atoms with van der Waals surface area (Å²) in [6.07, 6.45) is 3.52. The Morgan fingerprint density at radius 2 is 1.96 bits per heavy atom. The maximum absolute atomic E-state index is 12.4. The van der Waals surface area contributed by atoms with E-state index in [0.717, 1.165) is 22.2 Å². The molecule has 4 nitrogen and oxygen atoms in total. The van der Waals surface area contributed by atoms with Gasteiger partial charge in [0.1, 0.15) is 5.82 Å². The lowest BCUT2D eigenvalue weighted by Gasteiger charge is -2.06. The first kappa shape index (κ1) is 15.5. The number of para-hydroxylation sites is 2. The Labute approximate surface area is 149 Å². The second-order valence-electron chi connectivity index (χ2n) is 5.76. The number of H-pyrrole nitrogens is 1. The molecule has 0 unspecified atom stereocenters. The Kier molecular flexibility index (Phi) is 4.04. The molecule has 0 amide bonds. The monoisotopic (exact) mass is 347 g/mol. The molecule has 0 atom stereocenters. The van der Waals surface area contributed by atoms with Gasteiger partial charge in [0.15, 0.2) is 5.78 Å². The van der Waals surface area contributed by atoms with E-state index < -0.39 is 0 Å². The number of hydrogen-bond donors (Lipinski definition) is 1. The first-order valence-corrected chi connectivity index (χ1v) is 8.25. The highest BCUT2D eigenvalue weighted by molar-refractivity contribution is 6.33. The van der Waals surface area contributed by atoms with E-state index in [2.05, 4.69) is 15.0 Å². The van der Waals surface area contributed by atoms with E-state index in [-0.39, 0.29) is 12.2 Å². The lowest BCUT2D eigenvalue weighted by atomic mass is 10.0. The van der Waals surface area contributed by atoms with Crippen molar-refractivity contribution in [2.45, 2.75) is 6.42 Å². The van der Waals surface area contributed by atoms with E-state index >= 15 is 0 Å². The molecule has 1 N–H and O–H groups in total. The highest BCUT2D eigenvalue weighted by Gasteiger charge is 2.12. The number of fused-ring (bicyclic) bond motifs is 1. The van der Waals surface area contributed by atoms with E-state index in [9.17, 15) is 4.79 Å². The lowest BCUT2D eigenvalue weighted by Crippen LogP contribution is -2.04. The number of carbonyl (C=O) groups is 1. The van der Waals surface area contributed by atoms with Crippen LogP contribution >= 0.6 is 11.6 Å². The summed E-state index contributed by atoms with van der Waals surface area (Å²) in [6, 6.07) is 16.9. The van der Waals surface area contributed by atoms with Gasteiger partial charge < -0.3 is 4.98 Å². The van der Waals surface area contributed by atoms with Crippen LogP contribution in [0.3, 0.4) is 0 Å². The van der Waals surface area contributed by atoms with Gasteiger partial charge in [0, 0.05) is 29.9 Å². The van der Waals surface area contributed by atoms with Gasteiger partial charge in [0.2, 0.25) is 0 Å². The van der Waals surface area contributed by atoms with Crippen molar-refractivity contribution in [3.05, 3.63) is 83.1 Å². The summed E-state index contributed by atoms with van der Waals surface area (Å²) in [7, 11) is 0. The van der Waals surface area contributed by atoms with Crippen LogP contribution in [0, 0.1) is 0 Å². The quantitative estimate of drug-likeness (QED) is 0.544. The molecule has 2 aromatic heterocycles. The van der Waals surface area contributed by atoms with Crippen molar-refractivity contribution in [3.8, 4) is 11.4 Å². The smallest absolute Gasteiger partial charge is 0.168 e. The van der Waals surface area contributed by atoms with Gasteiger partial charge in [-0.05, 0) is 42.0 Å². The van der Waals surface area contributed by atoms with Crippen LogP contribution in [0.1, 0.15) is 15.9 Å². The lowest BCUT2D eigenvalue weighted by molar-refractivity contribution is 0.0992. The molecule has 122 valence electrons. The number of rotatable bonds is 4. The van der Waals surface area contributed by atoms with Gasteiger partial charge >= 0.3 is 0 Å². The molecule has 5 heteroatoms. The van der Waals surface area contributed by atoms with Crippen molar-refractivity contribution in [2.75, 3.05) is 0 Å². The molecular weight excluding hydrogens is 334 g/mol. The molecule has 0 spiro atoms. The standard InChI is InChI=1S/C20H14ClN3O/c21-16-8-7-13(11-19(25)14-4-3-9-22-12-14)10-15(16)20-23-17-5-1-2-6-18(17)24-20/h1-10,12H,11H2,(H,23,24). The molecule has 2 aromatic carbocycles. The van der Waals surface area contributed by atoms with Crippen LogP contribution in [0.4, 0.5) is 0 Å². The summed E-state index contributed by atoms with van der Waals surface area (Å²) in [6.45, 7) is 0. The number of Topliss-reactive ketones (excluding diaryl/α,β-unsaturated/α-hetero) is 1. The third-order valence-electron chi connectivity index (χ3n) is 4.02. The van der Waals surface area contributed by atoms with Crippen molar-refractivity contribution in [1.82, 2.24) is 15.0 Å². The zero-order chi connectivity index (χ0) is 17.2. The fourth-order valence-electron chi connectivity index (χ4n) is 2.76. The number of aromatic nitrogens is 3. The van der Waals surface area contributed by atoms with Crippen molar-refractivity contribution < 1.29 is 4.79 Å². The molecule has 25 heavy (non-hydrogen) atoms. The fourth-order valence-corrected chi connectivity index (χ4v) is 2.97. The number of carbonyl (C=O) groups excluding carboxylic acids is 1. The van der Waals surface area contributed by atoms with Gasteiger partial charge in [-0.1, -0.05) is 29.8 Å². The second-order valence-corrected chi connectivity index (χ2v) is 6.17. The number of halogens is 1. The number of ketones is 1. The summed E-state index contributed by atoms with van der Waals surface area (Å²) >= 11 is 6.36. The number of imidazole rings is 1. The minimum Gasteiger partial charge on any atom is -0.338 e. The van der Waals surface area contributed by atoms with Crippen molar-refractivity contribution >= 4 is 28.4 Å². The molecule has 0 saturated carbocycles.